The molecule has 0 aromatic carbocycles. The maximum Gasteiger partial charge on any atom is 0.303 e. The highest BCUT2D eigenvalue weighted by molar-refractivity contribution is 5.66. The number of carbonyl (C=O) groups excluding carboxylic acids is 1. The lowest BCUT2D eigenvalue weighted by atomic mass is 9.47. The number of hydrogen-bond donors (Lipinski definition) is 9. The molecule has 5 saturated heterocycles. The van der Waals surface area contributed by atoms with E-state index in [2.05, 4.69) is 19.9 Å². The Morgan fingerprint density at radius 1 is 0.637 bits per heavy atom. The van der Waals surface area contributed by atoms with E-state index in [4.69, 9.17) is 66.3 Å². The third kappa shape index (κ3) is 12.1. The van der Waals surface area contributed by atoms with Gasteiger partial charge in [0.05, 0.1) is 49.8 Å². The zero-order valence-electron chi connectivity index (χ0n) is 47.8. The molecule has 9 N–H and O–H groups in total. The second-order valence-electron chi connectivity index (χ2n) is 24.7. The number of methoxy groups -OCH3 is 3. The molecule has 3 saturated carbocycles. The predicted molar refractivity (Wildman–Crippen MR) is 274 cm³/mol. The van der Waals surface area contributed by atoms with Gasteiger partial charge in [0.1, 0.15) is 85.5 Å². The summed E-state index contributed by atoms with van der Waals surface area (Å²) in [4.78, 5) is 12.1. The van der Waals surface area contributed by atoms with Crippen LogP contribution in [0.3, 0.4) is 0 Å². The first-order valence-corrected chi connectivity index (χ1v) is 29.0. The summed E-state index contributed by atoms with van der Waals surface area (Å²) in [5.74, 6) is 0.964. The first kappa shape index (κ1) is 62.8. The molecule has 9 rings (SSSR count). The third-order valence-electron chi connectivity index (χ3n) is 20.2. The van der Waals surface area contributed by atoms with Gasteiger partial charge < -0.3 is 112 Å². The summed E-state index contributed by atoms with van der Waals surface area (Å²) >= 11 is 0. The monoisotopic (exact) mass is 1150 g/mol. The number of rotatable bonds is 17. The second-order valence-corrected chi connectivity index (χ2v) is 24.7. The number of ether oxygens (including phenoxy) is 14. The first-order chi connectivity index (χ1) is 38.0. The van der Waals surface area contributed by atoms with Gasteiger partial charge in [-0.1, -0.05) is 25.5 Å². The van der Waals surface area contributed by atoms with Crippen molar-refractivity contribution < 1.29 is 117 Å². The average molecular weight is 1150 g/mol. The van der Waals surface area contributed by atoms with Crippen LogP contribution in [0.2, 0.25) is 0 Å². The molecule has 24 nitrogen and oxygen atoms in total. The van der Waals surface area contributed by atoms with E-state index in [1.165, 1.54) is 26.7 Å². The Morgan fingerprint density at radius 3 is 1.91 bits per heavy atom. The van der Waals surface area contributed by atoms with Crippen molar-refractivity contribution in [3.63, 3.8) is 0 Å². The molecule has 9 aliphatic rings. The lowest BCUT2D eigenvalue weighted by molar-refractivity contribution is -0.376. The van der Waals surface area contributed by atoms with E-state index in [0.717, 1.165) is 51.4 Å². The standard InChI is InChI=1S/C56H92O24/c1-23(72-53-50(48(69-10)39(60)24(2)73-53)80-52-45(66)43(64)41(62)36(78-52)22-70-51-44(65)42(63)40(61)35(21-57)77-51)31-13-14-32-30-12-11-28-19-29(15-17-55(28,6)33(30)16-18-56(31,32)7)76-37-20-34(67-8)46(26(4)71-37)79-54-49(75-27(5)58)47(68-9)38(59)25(3)74-54/h11,23-26,29-54,57,59-66H,12-22H2,1-10H3/t23-,24+,25+,26+,29-,30-,31+,32+,33-,34-,35+,36+,37-,38-,39-,40+,41+,42-,43-,44+,45+,46+,47-,48-,49+,50+,51+,52-,53+,54-,55-,56+/m0/s1. The van der Waals surface area contributed by atoms with Crippen LogP contribution < -0.4 is 0 Å². The number of aliphatic hydroxyl groups is 9. The fraction of sp³-hybridized carbons (Fsp3) is 0.946. The van der Waals surface area contributed by atoms with Crippen molar-refractivity contribution in [3.8, 4) is 0 Å². The van der Waals surface area contributed by atoms with Crippen LogP contribution in [-0.4, -0.2) is 246 Å². The highest BCUT2D eigenvalue weighted by Crippen LogP contribution is 2.67. The Bertz CT molecular complexity index is 2070. The summed E-state index contributed by atoms with van der Waals surface area (Å²) in [5.41, 5.74) is 1.38. The van der Waals surface area contributed by atoms with Crippen LogP contribution in [0.15, 0.2) is 11.6 Å². The summed E-state index contributed by atoms with van der Waals surface area (Å²) in [7, 11) is 4.47. The summed E-state index contributed by atoms with van der Waals surface area (Å²) in [6.07, 6.45) is -18.1. The summed E-state index contributed by atoms with van der Waals surface area (Å²) < 4.78 is 85.4. The maximum absolute atomic E-state index is 12.1. The minimum atomic E-state index is -1.81. The Balaban J connectivity index is 0.819. The van der Waals surface area contributed by atoms with Crippen molar-refractivity contribution in [1.82, 2.24) is 0 Å². The largest absolute Gasteiger partial charge is 0.454 e. The van der Waals surface area contributed by atoms with Gasteiger partial charge in [0.2, 0.25) is 0 Å². The molecule has 80 heavy (non-hydrogen) atoms. The summed E-state index contributed by atoms with van der Waals surface area (Å²) in [5, 5.41) is 96.0. The van der Waals surface area contributed by atoms with E-state index in [-0.39, 0.29) is 29.0 Å². The highest BCUT2D eigenvalue weighted by atomic mass is 16.8. The van der Waals surface area contributed by atoms with E-state index in [1.807, 2.05) is 13.8 Å². The Kier molecular flexibility index (Phi) is 20.2. The van der Waals surface area contributed by atoms with Crippen LogP contribution in [-0.2, 0) is 71.1 Å². The second kappa shape index (κ2) is 25.7. The van der Waals surface area contributed by atoms with Gasteiger partial charge >= 0.3 is 5.97 Å². The van der Waals surface area contributed by atoms with Crippen molar-refractivity contribution in [1.29, 1.82) is 0 Å². The van der Waals surface area contributed by atoms with Crippen molar-refractivity contribution in [2.24, 2.45) is 34.5 Å². The molecule has 0 bridgehead atoms. The molecule has 24 heteroatoms. The van der Waals surface area contributed by atoms with Crippen molar-refractivity contribution in [2.45, 2.75) is 266 Å². The number of esters is 1. The van der Waals surface area contributed by atoms with E-state index < -0.39 is 167 Å². The molecule has 0 radical (unpaired) electrons. The number of allylic oxidation sites excluding steroid dienone is 1. The van der Waals surface area contributed by atoms with E-state index in [0.29, 0.717) is 24.2 Å². The molecule has 5 aliphatic heterocycles. The van der Waals surface area contributed by atoms with Gasteiger partial charge in [0, 0.05) is 34.7 Å². The van der Waals surface area contributed by atoms with Gasteiger partial charge in [0.15, 0.2) is 37.6 Å². The number of aliphatic hydroxyl groups excluding tert-OH is 9. The van der Waals surface area contributed by atoms with Gasteiger partial charge in [0.25, 0.3) is 0 Å². The average Bonchev–Trinajstić information content (AvgIpc) is 4.01. The first-order valence-electron chi connectivity index (χ1n) is 29.0. The van der Waals surface area contributed by atoms with Crippen LogP contribution in [0.25, 0.3) is 0 Å². The maximum atomic E-state index is 12.1. The Hall–Kier alpha value is -1.67. The van der Waals surface area contributed by atoms with Gasteiger partial charge in [-0.2, -0.15) is 0 Å². The van der Waals surface area contributed by atoms with E-state index in [9.17, 15) is 50.8 Å². The number of carbonyl (C=O) groups is 1. The van der Waals surface area contributed by atoms with Gasteiger partial charge in [-0.25, -0.2) is 0 Å². The topological polar surface area (TPSA) is 328 Å². The Morgan fingerprint density at radius 2 is 1.26 bits per heavy atom. The van der Waals surface area contributed by atoms with Crippen molar-refractivity contribution >= 4 is 5.97 Å². The minimum Gasteiger partial charge on any atom is -0.454 e. The molecule has 0 aromatic rings. The molecule has 5 heterocycles. The predicted octanol–water partition coefficient (Wildman–Crippen LogP) is 0.0732. The van der Waals surface area contributed by atoms with Crippen molar-refractivity contribution in [3.05, 3.63) is 11.6 Å². The fourth-order valence-corrected chi connectivity index (χ4v) is 15.7. The highest BCUT2D eigenvalue weighted by Gasteiger charge is 2.61. The molecule has 0 unspecified atom stereocenters. The lowest BCUT2D eigenvalue weighted by Crippen LogP contribution is -2.65. The molecule has 0 spiro atoms. The number of hydrogen-bond acceptors (Lipinski definition) is 24. The normalized spacial score (nSPS) is 52.0. The van der Waals surface area contributed by atoms with Crippen LogP contribution in [0.5, 0.6) is 0 Å². The molecule has 460 valence electrons. The molecular formula is C56H92O24. The van der Waals surface area contributed by atoms with Gasteiger partial charge in [-0.05, 0) is 114 Å². The smallest absolute Gasteiger partial charge is 0.303 e. The van der Waals surface area contributed by atoms with E-state index >= 15 is 0 Å². The third-order valence-corrected chi connectivity index (χ3v) is 20.2. The summed E-state index contributed by atoms with van der Waals surface area (Å²) in [6.45, 7) is 12.2. The van der Waals surface area contributed by atoms with Crippen LogP contribution in [0, 0.1) is 34.5 Å². The zero-order valence-corrected chi connectivity index (χ0v) is 47.8. The summed E-state index contributed by atoms with van der Waals surface area (Å²) in [6, 6.07) is 0. The van der Waals surface area contributed by atoms with Crippen molar-refractivity contribution in [2.75, 3.05) is 34.5 Å². The van der Waals surface area contributed by atoms with Gasteiger partial charge in [-0.15, -0.1) is 0 Å². The molecule has 0 amide bonds. The van der Waals surface area contributed by atoms with Crippen LogP contribution in [0.4, 0.5) is 0 Å². The molecule has 0 aromatic heterocycles. The lowest BCUT2D eigenvalue weighted by Gasteiger charge is -2.58. The zero-order chi connectivity index (χ0) is 57.9. The molecule has 32 atom stereocenters. The number of fused-ring (bicyclic) bond motifs is 5. The SMILES string of the molecule is CO[C@H]1[C@@H](O)[C@@H](C)O[C@@H](O[C@H]2[C@@H](OC)C[C@H](O[C@H]3CC[C@@]4(C)C(=CC[C@H]5[C@H]6CC[C@H]([C@H](C)O[C@@H]7O[C@H](C)[C@H](O)[C@H](OC)[C@H]7O[C@@H]7O[C@H](CO[C@@H]8O[C@H](CO)[C@@H](O)[C@H](O)[C@H]8O)[C@@H](O)[C@H](O)[C@H]7O)[C@@]6(C)CC[C@@H]54)C3)O[C@@H]2C)[C@@H]1OC(C)=O. The molecule has 8 fully saturated rings. The molecule has 4 aliphatic carbocycles. The minimum absolute atomic E-state index is 0.00929. The quantitative estimate of drug-likeness (QED) is 0.0688. The van der Waals surface area contributed by atoms with Crippen LogP contribution in [0.1, 0.15) is 106 Å². The van der Waals surface area contributed by atoms with E-state index in [1.54, 1.807) is 21.0 Å². The van der Waals surface area contributed by atoms with Crippen LogP contribution >= 0.6 is 0 Å². The van der Waals surface area contributed by atoms with Gasteiger partial charge in [-0.3, -0.25) is 4.79 Å². The Labute approximate surface area is 468 Å². The fourth-order valence-electron chi connectivity index (χ4n) is 15.7. The molecular weight excluding hydrogens is 1060 g/mol.